The topological polar surface area (TPSA) is 79.3 Å². The Hall–Kier alpha value is -2.10. The van der Waals surface area contributed by atoms with E-state index >= 15 is 0 Å². The maximum atomic E-state index is 13.4. The van der Waals surface area contributed by atoms with Crippen molar-refractivity contribution in [1.29, 1.82) is 0 Å². The zero-order chi connectivity index (χ0) is 19.9. The zero-order valence-electron chi connectivity index (χ0n) is 16.1. The molecular formula is C20H23N5O2S2. The molecule has 2 aromatic heterocycles. The van der Waals surface area contributed by atoms with Crippen molar-refractivity contribution in [3.05, 3.63) is 42.2 Å². The first-order chi connectivity index (χ1) is 14.1. The van der Waals surface area contributed by atoms with Crippen molar-refractivity contribution in [3.8, 4) is 0 Å². The lowest BCUT2D eigenvalue weighted by molar-refractivity contribution is 0.122. The van der Waals surface area contributed by atoms with Crippen LogP contribution in [0.2, 0.25) is 0 Å². The molecule has 9 heteroatoms. The van der Waals surface area contributed by atoms with Crippen molar-refractivity contribution >= 4 is 37.5 Å². The van der Waals surface area contributed by atoms with Gasteiger partial charge in [0, 0.05) is 44.0 Å². The van der Waals surface area contributed by atoms with Crippen LogP contribution in [0.1, 0.15) is 25.7 Å². The number of anilines is 1. The molecule has 29 heavy (non-hydrogen) atoms. The third-order valence-corrected chi connectivity index (χ3v) is 8.70. The summed E-state index contributed by atoms with van der Waals surface area (Å²) in [5.41, 5.74) is 2.55. The van der Waals surface area contributed by atoms with Gasteiger partial charge in [-0.25, -0.2) is 23.4 Å². The number of piperidine rings is 2. The fraction of sp³-hybridized carbons (Fsp3) is 0.450. The Morgan fingerprint density at radius 2 is 1.79 bits per heavy atom. The van der Waals surface area contributed by atoms with Crippen LogP contribution < -0.4 is 4.90 Å². The fourth-order valence-corrected chi connectivity index (χ4v) is 7.09. The molecular weight excluding hydrogens is 406 g/mol. The zero-order valence-corrected chi connectivity index (χ0v) is 17.7. The van der Waals surface area contributed by atoms with E-state index in [-0.39, 0.29) is 5.41 Å². The predicted octanol–water partition coefficient (Wildman–Crippen LogP) is 3.16. The van der Waals surface area contributed by atoms with Crippen LogP contribution in [0.15, 0.2) is 47.1 Å². The van der Waals surface area contributed by atoms with Gasteiger partial charge in [0.25, 0.3) is 0 Å². The number of sulfonamides is 1. The molecule has 2 aliphatic heterocycles. The molecule has 1 atom stereocenters. The van der Waals surface area contributed by atoms with Gasteiger partial charge in [-0.15, -0.1) is 11.3 Å². The Morgan fingerprint density at radius 1 is 1.00 bits per heavy atom. The second-order valence-electron chi connectivity index (χ2n) is 8.00. The summed E-state index contributed by atoms with van der Waals surface area (Å²) in [6.07, 6.45) is 7.50. The van der Waals surface area contributed by atoms with Crippen molar-refractivity contribution in [2.24, 2.45) is 5.41 Å². The van der Waals surface area contributed by atoms with Crippen LogP contribution in [0, 0.1) is 5.41 Å². The average Bonchev–Trinajstić information content (AvgIpc) is 3.22. The second kappa shape index (κ2) is 7.30. The van der Waals surface area contributed by atoms with Gasteiger partial charge < -0.3 is 4.90 Å². The second-order valence-corrected chi connectivity index (χ2v) is 10.8. The van der Waals surface area contributed by atoms with E-state index in [1.165, 1.54) is 11.3 Å². The highest BCUT2D eigenvalue weighted by Crippen LogP contribution is 2.41. The van der Waals surface area contributed by atoms with Gasteiger partial charge in [0.2, 0.25) is 16.0 Å². The van der Waals surface area contributed by atoms with Crippen LogP contribution >= 0.6 is 11.3 Å². The molecule has 1 spiro atoms. The fourth-order valence-electron chi connectivity index (χ4n) is 4.68. The number of rotatable bonds is 3. The molecule has 2 aliphatic rings. The molecule has 5 rings (SSSR count). The molecule has 4 heterocycles. The van der Waals surface area contributed by atoms with Gasteiger partial charge in [0.05, 0.1) is 20.6 Å². The number of hydrogen-bond donors (Lipinski definition) is 0. The summed E-state index contributed by atoms with van der Waals surface area (Å²) >= 11 is 1.47. The predicted molar refractivity (Wildman–Crippen MR) is 114 cm³/mol. The minimum absolute atomic E-state index is 0.0443. The molecule has 2 fully saturated rings. The maximum absolute atomic E-state index is 13.4. The van der Waals surface area contributed by atoms with E-state index in [1.54, 1.807) is 40.4 Å². The van der Waals surface area contributed by atoms with Gasteiger partial charge in [-0.1, -0.05) is 0 Å². The molecule has 1 aromatic carbocycles. The lowest BCUT2D eigenvalue weighted by atomic mass is 9.74. The van der Waals surface area contributed by atoms with Crippen LogP contribution in [-0.4, -0.2) is 53.9 Å². The van der Waals surface area contributed by atoms with E-state index in [0.29, 0.717) is 18.0 Å². The van der Waals surface area contributed by atoms with Crippen molar-refractivity contribution in [3.63, 3.8) is 0 Å². The summed E-state index contributed by atoms with van der Waals surface area (Å²) < 4.78 is 29.4. The third kappa shape index (κ3) is 3.51. The van der Waals surface area contributed by atoms with Crippen LogP contribution in [0.3, 0.4) is 0 Å². The van der Waals surface area contributed by atoms with E-state index in [0.717, 1.165) is 54.9 Å². The monoisotopic (exact) mass is 429 g/mol. The molecule has 1 unspecified atom stereocenters. The minimum Gasteiger partial charge on any atom is -0.340 e. The standard InChI is InChI=1S/C20H23N5O2S2/c26-29(27,16-4-5-17-18(12-16)28-15-23-17)25-11-2-7-20(14-25)6-1-10-24(13-20)19-21-8-3-9-22-19/h3-5,8-9,12,15H,1-2,6-7,10-11,13-14H2. The van der Waals surface area contributed by atoms with Crippen LogP contribution in [-0.2, 0) is 10.0 Å². The van der Waals surface area contributed by atoms with Gasteiger partial charge in [-0.2, -0.15) is 4.31 Å². The highest BCUT2D eigenvalue weighted by Gasteiger charge is 2.43. The van der Waals surface area contributed by atoms with Gasteiger partial charge >= 0.3 is 0 Å². The van der Waals surface area contributed by atoms with E-state index in [1.807, 2.05) is 6.07 Å². The molecule has 0 N–H and O–H groups in total. The lowest BCUT2D eigenvalue weighted by Gasteiger charge is -2.48. The Kier molecular flexibility index (Phi) is 4.76. The van der Waals surface area contributed by atoms with Gasteiger partial charge in [-0.3, -0.25) is 0 Å². The average molecular weight is 430 g/mol. The molecule has 0 radical (unpaired) electrons. The summed E-state index contributed by atoms with van der Waals surface area (Å²) in [7, 11) is -3.53. The van der Waals surface area contributed by atoms with Crippen molar-refractivity contribution < 1.29 is 8.42 Å². The Morgan fingerprint density at radius 3 is 2.62 bits per heavy atom. The highest BCUT2D eigenvalue weighted by atomic mass is 32.2. The van der Waals surface area contributed by atoms with E-state index in [2.05, 4.69) is 19.9 Å². The Bertz CT molecular complexity index is 1110. The van der Waals surface area contributed by atoms with E-state index < -0.39 is 10.0 Å². The normalized spacial score (nSPS) is 23.7. The summed E-state index contributed by atoms with van der Waals surface area (Å²) in [6, 6.07) is 7.06. The Balaban J connectivity index is 1.40. The third-order valence-electron chi connectivity index (χ3n) is 6.06. The molecule has 0 saturated carbocycles. The summed E-state index contributed by atoms with van der Waals surface area (Å²) in [5, 5.41) is 0. The number of hydrogen-bond acceptors (Lipinski definition) is 7. The Labute approximate surface area is 174 Å². The molecule has 2 saturated heterocycles. The lowest BCUT2D eigenvalue weighted by Crippen LogP contribution is -2.54. The number of fused-ring (bicyclic) bond motifs is 1. The van der Waals surface area contributed by atoms with Crippen LogP contribution in [0.25, 0.3) is 10.2 Å². The molecule has 7 nitrogen and oxygen atoms in total. The van der Waals surface area contributed by atoms with E-state index in [9.17, 15) is 8.42 Å². The minimum atomic E-state index is -3.53. The quantitative estimate of drug-likeness (QED) is 0.636. The smallest absolute Gasteiger partial charge is 0.243 e. The van der Waals surface area contributed by atoms with Crippen molar-refractivity contribution in [2.75, 3.05) is 31.1 Å². The number of nitrogens with zero attached hydrogens (tertiary/aromatic N) is 5. The number of aromatic nitrogens is 3. The molecule has 0 amide bonds. The molecule has 3 aromatic rings. The summed E-state index contributed by atoms with van der Waals surface area (Å²) in [4.78, 5) is 15.6. The first kappa shape index (κ1) is 18.9. The SMILES string of the molecule is O=S(=O)(c1ccc2ncsc2c1)N1CCCC2(CCCN(c3ncccn3)C2)C1. The maximum Gasteiger partial charge on any atom is 0.243 e. The van der Waals surface area contributed by atoms with Gasteiger partial charge in [-0.05, 0) is 49.9 Å². The molecule has 0 aliphatic carbocycles. The van der Waals surface area contributed by atoms with Crippen molar-refractivity contribution in [1.82, 2.24) is 19.3 Å². The van der Waals surface area contributed by atoms with Crippen LogP contribution in [0.4, 0.5) is 5.95 Å². The molecule has 152 valence electrons. The van der Waals surface area contributed by atoms with Gasteiger partial charge in [0.15, 0.2) is 0 Å². The highest BCUT2D eigenvalue weighted by molar-refractivity contribution is 7.89. The molecule has 0 bridgehead atoms. The number of benzene rings is 1. The summed E-state index contributed by atoms with van der Waals surface area (Å²) in [6.45, 7) is 2.85. The summed E-state index contributed by atoms with van der Waals surface area (Å²) in [5.74, 6) is 0.738. The first-order valence-corrected chi connectivity index (χ1v) is 12.2. The van der Waals surface area contributed by atoms with Gasteiger partial charge in [0.1, 0.15) is 0 Å². The number of thiazole rings is 1. The largest absolute Gasteiger partial charge is 0.340 e. The van der Waals surface area contributed by atoms with Crippen LogP contribution in [0.5, 0.6) is 0 Å². The van der Waals surface area contributed by atoms with Crippen molar-refractivity contribution in [2.45, 2.75) is 30.6 Å². The first-order valence-electron chi connectivity index (χ1n) is 9.91. The van der Waals surface area contributed by atoms with E-state index in [4.69, 9.17) is 0 Å².